The molecule has 5 nitrogen and oxygen atoms in total. The molecule has 3 aromatic rings. The first kappa shape index (κ1) is 17.9. The highest BCUT2D eigenvalue weighted by atomic mass is 32.1. The second-order valence-corrected chi connectivity index (χ2v) is 6.67. The van der Waals surface area contributed by atoms with E-state index in [0.717, 1.165) is 26.8 Å². The maximum atomic E-state index is 5.69. The van der Waals surface area contributed by atoms with Crippen LogP contribution in [0.25, 0.3) is 11.3 Å². The zero-order chi connectivity index (χ0) is 18.4. The van der Waals surface area contributed by atoms with Gasteiger partial charge in [0.2, 0.25) is 5.13 Å². The van der Waals surface area contributed by atoms with Crippen molar-refractivity contribution in [1.29, 1.82) is 0 Å². The topological polar surface area (TPSA) is 55.7 Å². The highest BCUT2D eigenvalue weighted by molar-refractivity contribution is 7.15. The standard InChI is InChI=1S/C20H21N3O2S/c1-4-25-19-16(11-8-12-17(19)24-3)13-21-23-20-22-18(14(2)26-20)15-9-6-5-7-10-15/h5-13H,4H2,1-3H3,(H,22,23)/b21-13+. The van der Waals surface area contributed by atoms with Crippen molar-refractivity contribution in [2.24, 2.45) is 5.10 Å². The Morgan fingerprint density at radius 3 is 2.69 bits per heavy atom. The first-order valence-corrected chi connectivity index (χ1v) is 9.16. The van der Waals surface area contributed by atoms with E-state index in [2.05, 4.69) is 34.6 Å². The van der Waals surface area contributed by atoms with Crippen molar-refractivity contribution < 1.29 is 9.47 Å². The van der Waals surface area contributed by atoms with Crippen LogP contribution in [0.2, 0.25) is 0 Å². The van der Waals surface area contributed by atoms with Gasteiger partial charge in [0.1, 0.15) is 0 Å². The summed E-state index contributed by atoms with van der Waals surface area (Å²) < 4.78 is 11.0. The van der Waals surface area contributed by atoms with Crippen LogP contribution in [-0.4, -0.2) is 24.9 Å². The van der Waals surface area contributed by atoms with Crippen LogP contribution in [0.15, 0.2) is 53.6 Å². The maximum absolute atomic E-state index is 5.69. The maximum Gasteiger partial charge on any atom is 0.204 e. The minimum atomic E-state index is 0.556. The molecular formula is C20H21N3O2S. The van der Waals surface area contributed by atoms with E-state index in [-0.39, 0.29) is 0 Å². The summed E-state index contributed by atoms with van der Waals surface area (Å²) in [7, 11) is 1.63. The van der Waals surface area contributed by atoms with Crippen LogP contribution in [0, 0.1) is 6.92 Å². The van der Waals surface area contributed by atoms with E-state index in [9.17, 15) is 0 Å². The number of aromatic nitrogens is 1. The number of aryl methyl sites for hydroxylation is 1. The Hall–Kier alpha value is -2.86. The molecule has 1 N–H and O–H groups in total. The predicted molar refractivity (Wildman–Crippen MR) is 108 cm³/mol. The van der Waals surface area contributed by atoms with Crippen molar-refractivity contribution >= 4 is 22.7 Å². The molecule has 2 aromatic carbocycles. The number of methoxy groups -OCH3 is 1. The van der Waals surface area contributed by atoms with E-state index in [4.69, 9.17) is 9.47 Å². The molecule has 0 fully saturated rings. The van der Waals surface area contributed by atoms with Crippen LogP contribution in [0.5, 0.6) is 11.5 Å². The molecule has 1 aromatic heterocycles. The van der Waals surface area contributed by atoms with Gasteiger partial charge in [0.25, 0.3) is 0 Å². The fourth-order valence-corrected chi connectivity index (χ4v) is 3.34. The number of rotatable bonds is 7. The van der Waals surface area contributed by atoms with Gasteiger partial charge >= 0.3 is 0 Å². The van der Waals surface area contributed by atoms with Gasteiger partial charge in [0.15, 0.2) is 11.5 Å². The number of nitrogens with one attached hydrogen (secondary N) is 1. The van der Waals surface area contributed by atoms with Crippen molar-refractivity contribution in [1.82, 2.24) is 4.98 Å². The van der Waals surface area contributed by atoms with Gasteiger partial charge in [0, 0.05) is 16.0 Å². The Morgan fingerprint density at radius 1 is 1.15 bits per heavy atom. The summed E-state index contributed by atoms with van der Waals surface area (Å²) >= 11 is 1.57. The number of anilines is 1. The van der Waals surface area contributed by atoms with Crippen LogP contribution in [0.1, 0.15) is 17.4 Å². The average molecular weight is 367 g/mol. The Balaban J connectivity index is 1.78. The van der Waals surface area contributed by atoms with Crippen molar-refractivity contribution in [3.8, 4) is 22.8 Å². The number of ether oxygens (including phenoxy) is 2. The first-order chi connectivity index (χ1) is 12.7. The SMILES string of the molecule is CCOc1c(/C=N/Nc2nc(-c3ccccc3)c(C)s2)cccc1OC. The summed E-state index contributed by atoms with van der Waals surface area (Å²) in [5, 5.41) is 5.06. The van der Waals surface area contributed by atoms with E-state index < -0.39 is 0 Å². The summed E-state index contributed by atoms with van der Waals surface area (Å²) in [5.41, 5.74) is 5.93. The Labute approximate surface area is 157 Å². The Morgan fingerprint density at radius 2 is 1.96 bits per heavy atom. The monoisotopic (exact) mass is 367 g/mol. The number of nitrogens with zero attached hydrogens (tertiary/aromatic N) is 2. The van der Waals surface area contributed by atoms with Crippen molar-refractivity contribution in [3.63, 3.8) is 0 Å². The number of hydrogen-bond donors (Lipinski definition) is 1. The molecule has 0 aliphatic heterocycles. The van der Waals surface area contributed by atoms with Crippen LogP contribution in [0.3, 0.4) is 0 Å². The van der Waals surface area contributed by atoms with E-state index in [1.165, 1.54) is 0 Å². The zero-order valence-electron chi connectivity index (χ0n) is 15.0. The van der Waals surface area contributed by atoms with Crippen LogP contribution >= 0.6 is 11.3 Å². The molecule has 1 heterocycles. The second kappa shape index (κ2) is 8.49. The highest BCUT2D eigenvalue weighted by Gasteiger charge is 2.10. The van der Waals surface area contributed by atoms with Gasteiger partial charge in [-0.1, -0.05) is 36.4 Å². The summed E-state index contributed by atoms with van der Waals surface area (Å²) in [4.78, 5) is 5.79. The summed E-state index contributed by atoms with van der Waals surface area (Å²) in [5.74, 6) is 1.37. The van der Waals surface area contributed by atoms with Gasteiger partial charge < -0.3 is 9.47 Å². The van der Waals surface area contributed by atoms with Crippen LogP contribution < -0.4 is 14.9 Å². The Kier molecular flexibility index (Phi) is 5.86. The van der Waals surface area contributed by atoms with Gasteiger partial charge in [-0.2, -0.15) is 5.10 Å². The number of hydrazone groups is 1. The third-order valence-corrected chi connectivity index (χ3v) is 4.60. The molecule has 0 saturated carbocycles. The molecule has 0 unspecified atom stereocenters. The molecule has 3 rings (SSSR count). The summed E-state index contributed by atoms with van der Waals surface area (Å²) in [6.45, 7) is 4.56. The minimum Gasteiger partial charge on any atom is -0.493 e. The number of benzene rings is 2. The largest absolute Gasteiger partial charge is 0.493 e. The van der Waals surface area contributed by atoms with Gasteiger partial charge in [0.05, 0.1) is 25.6 Å². The molecule has 0 spiro atoms. The fourth-order valence-electron chi connectivity index (χ4n) is 2.56. The zero-order valence-corrected chi connectivity index (χ0v) is 15.8. The van der Waals surface area contributed by atoms with Crippen molar-refractivity contribution in [2.75, 3.05) is 19.1 Å². The van der Waals surface area contributed by atoms with Gasteiger partial charge in [-0.05, 0) is 26.0 Å². The molecule has 0 aliphatic rings. The van der Waals surface area contributed by atoms with Gasteiger partial charge in [-0.15, -0.1) is 11.3 Å². The van der Waals surface area contributed by atoms with E-state index in [1.807, 2.05) is 43.3 Å². The molecule has 0 amide bonds. The molecule has 6 heteroatoms. The molecule has 0 bridgehead atoms. The molecule has 134 valence electrons. The quantitative estimate of drug-likeness (QED) is 0.473. The molecule has 26 heavy (non-hydrogen) atoms. The number of thiazole rings is 1. The number of hydrogen-bond acceptors (Lipinski definition) is 6. The molecular weight excluding hydrogens is 346 g/mol. The first-order valence-electron chi connectivity index (χ1n) is 8.34. The van der Waals surface area contributed by atoms with Crippen LogP contribution in [-0.2, 0) is 0 Å². The molecule has 0 atom stereocenters. The normalized spacial score (nSPS) is 10.9. The molecule has 0 aliphatic carbocycles. The lowest BCUT2D eigenvalue weighted by Crippen LogP contribution is -2.00. The minimum absolute atomic E-state index is 0.556. The summed E-state index contributed by atoms with van der Waals surface area (Å²) in [6.07, 6.45) is 1.71. The Bertz CT molecular complexity index is 891. The van der Waals surface area contributed by atoms with E-state index >= 15 is 0 Å². The number of para-hydroxylation sites is 1. The summed E-state index contributed by atoms with van der Waals surface area (Å²) in [6, 6.07) is 15.8. The van der Waals surface area contributed by atoms with E-state index in [0.29, 0.717) is 18.1 Å². The van der Waals surface area contributed by atoms with Gasteiger partial charge in [-0.25, -0.2) is 4.98 Å². The third-order valence-electron chi connectivity index (χ3n) is 3.73. The highest BCUT2D eigenvalue weighted by Crippen LogP contribution is 2.31. The molecule has 0 radical (unpaired) electrons. The predicted octanol–water partition coefficient (Wildman–Crippen LogP) is 4.97. The van der Waals surface area contributed by atoms with Crippen molar-refractivity contribution in [3.05, 3.63) is 59.0 Å². The fraction of sp³-hybridized carbons (Fsp3) is 0.200. The smallest absolute Gasteiger partial charge is 0.204 e. The third kappa shape index (κ3) is 4.03. The molecule has 0 saturated heterocycles. The van der Waals surface area contributed by atoms with Crippen molar-refractivity contribution in [2.45, 2.75) is 13.8 Å². The van der Waals surface area contributed by atoms with Crippen LogP contribution in [0.4, 0.5) is 5.13 Å². The average Bonchev–Trinajstić information content (AvgIpc) is 3.04. The lowest BCUT2D eigenvalue weighted by Gasteiger charge is -2.11. The van der Waals surface area contributed by atoms with Gasteiger partial charge in [-0.3, -0.25) is 5.43 Å². The second-order valence-electron chi connectivity index (χ2n) is 5.47. The van der Waals surface area contributed by atoms with E-state index in [1.54, 1.807) is 24.7 Å². The lowest BCUT2D eigenvalue weighted by atomic mass is 10.1. The lowest BCUT2D eigenvalue weighted by molar-refractivity contribution is 0.310.